The van der Waals surface area contributed by atoms with E-state index < -0.39 is 22.7 Å². The molecule has 0 saturated carbocycles. The molecule has 134 valence electrons. The number of carbonyl (C=O) groups is 1. The van der Waals surface area contributed by atoms with E-state index in [9.17, 15) is 9.00 Å². The number of hydrogen-bond donors (Lipinski definition) is 2. The van der Waals surface area contributed by atoms with Gasteiger partial charge in [-0.25, -0.2) is 9.00 Å². The van der Waals surface area contributed by atoms with Crippen molar-refractivity contribution in [3.05, 3.63) is 48.5 Å². The van der Waals surface area contributed by atoms with Crippen LogP contribution in [0.1, 0.15) is 20.8 Å². The van der Waals surface area contributed by atoms with Gasteiger partial charge in [0.15, 0.2) is 11.0 Å². The monoisotopic (exact) mass is 361 g/mol. The van der Waals surface area contributed by atoms with Gasteiger partial charge in [-0.05, 0) is 45.0 Å². The Morgan fingerprint density at radius 2 is 1.72 bits per heavy atom. The van der Waals surface area contributed by atoms with E-state index in [-0.39, 0.29) is 0 Å². The summed E-state index contributed by atoms with van der Waals surface area (Å²) in [5, 5.41) is 0. The average molecular weight is 361 g/mol. The van der Waals surface area contributed by atoms with Gasteiger partial charge in [0.1, 0.15) is 5.60 Å². The Morgan fingerprint density at radius 1 is 1.12 bits per heavy atom. The molecule has 0 heterocycles. The van der Waals surface area contributed by atoms with Gasteiger partial charge in [-0.1, -0.05) is 24.3 Å². The molecule has 25 heavy (non-hydrogen) atoms. The fourth-order valence-electron chi connectivity index (χ4n) is 2.09. The second-order valence-corrected chi connectivity index (χ2v) is 7.65. The highest BCUT2D eigenvalue weighted by atomic mass is 32.2. The smallest absolute Gasteiger partial charge is 0.414 e. The Hall–Kier alpha value is -2.54. The maximum absolute atomic E-state index is 12.6. The Kier molecular flexibility index (Phi) is 5.69. The lowest BCUT2D eigenvalue weighted by molar-refractivity contribution is 0.0589. The van der Waals surface area contributed by atoms with Crippen LogP contribution in [0.5, 0.6) is 0 Å². The first kappa shape index (κ1) is 18.8. The Morgan fingerprint density at radius 3 is 2.36 bits per heavy atom. The fourth-order valence-corrected chi connectivity index (χ4v) is 3.05. The first-order valence-electron chi connectivity index (χ1n) is 7.78. The number of amides is 1. The molecule has 0 aromatic heterocycles. The largest absolute Gasteiger partial charge is 0.443 e. The van der Waals surface area contributed by atoms with Crippen LogP contribution >= 0.6 is 0 Å². The summed E-state index contributed by atoms with van der Waals surface area (Å²) < 4.78 is 20.9. The van der Waals surface area contributed by atoms with E-state index >= 15 is 0 Å². The van der Waals surface area contributed by atoms with Gasteiger partial charge in [-0.2, -0.15) is 0 Å². The van der Waals surface area contributed by atoms with Crippen molar-refractivity contribution in [1.29, 1.82) is 0 Å². The standard InChI is InChI=1S/C18H23N3O3S/c1-18(2,3)24-17(22)21(4)15-11-7-6-10-14(15)20-25(23)16-12-8-5-9-13(16)19/h5-12,20H,19H2,1-4H3. The van der Waals surface area contributed by atoms with Crippen molar-refractivity contribution in [3.63, 3.8) is 0 Å². The minimum absolute atomic E-state index is 0.436. The SMILES string of the molecule is CN(C(=O)OC(C)(C)C)c1ccccc1NS(=O)c1ccccc1N. The van der Waals surface area contributed by atoms with Crippen LogP contribution in [0.4, 0.5) is 21.9 Å². The van der Waals surface area contributed by atoms with Gasteiger partial charge >= 0.3 is 6.09 Å². The number of para-hydroxylation sites is 3. The van der Waals surface area contributed by atoms with Gasteiger partial charge in [0.2, 0.25) is 0 Å². The lowest BCUT2D eigenvalue weighted by Gasteiger charge is -2.26. The minimum atomic E-state index is -1.56. The van der Waals surface area contributed by atoms with Gasteiger partial charge in [0, 0.05) is 12.7 Å². The number of nitrogen functional groups attached to an aromatic ring is 1. The van der Waals surface area contributed by atoms with E-state index in [1.807, 2.05) is 0 Å². The molecule has 2 aromatic rings. The van der Waals surface area contributed by atoms with Crippen LogP contribution in [0, 0.1) is 0 Å². The number of carbonyl (C=O) groups excluding carboxylic acids is 1. The van der Waals surface area contributed by atoms with Crippen molar-refractivity contribution in [2.75, 3.05) is 22.4 Å². The van der Waals surface area contributed by atoms with Crippen LogP contribution < -0.4 is 15.4 Å². The zero-order valence-corrected chi connectivity index (χ0v) is 15.6. The average Bonchev–Trinajstić information content (AvgIpc) is 2.53. The third-order valence-electron chi connectivity index (χ3n) is 3.25. The topological polar surface area (TPSA) is 84.7 Å². The Bertz CT molecular complexity index is 787. The molecule has 1 amide bonds. The van der Waals surface area contributed by atoms with Crippen molar-refractivity contribution in [3.8, 4) is 0 Å². The predicted octanol–water partition coefficient (Wildman–Crippen LogP) is 3.77. The molecule has 0 aliphatic carbocycles. The molecule has 0 aliphatic rings. The van der Waals surface area contributed by atoms with E-state index in [0.717, 1.165) is 0 Å². The Labute approximate surface area is 150 Å². The number of anilines is 3. The van der Waals surface area contributed by atoms with E-state index in [1.165, 1.54) is 4.90 Å². The summed E-state index contributed by atoms with van der Waals surface area (Å²) in [6.45, 7) is 5.41. The zero-order valence-electron chi connectivity index (χ0n) is 14.8. The second-order valence-electron chi connectivity index (χ2n) is 6.47. The molecule has 1 unspecified atom stereocenters. The molecule has 6 nitrogen and oxygen atoms in total. The van der Waals surface area contributed by atoms with Gasteiger partial charge in [0.25, 0.3) is 0 Å². The zero-order chi connectivity index (χ0) is 18.6. The van der Waals surface area contributed by atoms with Crippen LogP contribution in [-0.4, -0.2) is 23.0 Å². The van der Waals surface area contributed by atoms with Gasteiger partial charge < -0.3 is 10.5 Å². The van der Waals surface area contributed by atoms with E-state index in [2.05, 4.69) is 4.72 Å². The highest BCUT2D eigenvalue weighted by Gasteiger charge is 2.22. The molecule has 0 aliphatic heterocycles. The molecule has 3 N–H and O–H groups in total. The normalized spacial score (nSPS) is 12.3. The lowest BCUT2D eigenvalue weighted by atomic mass is 10.2. The van der Waals surface area contributed by atoms with Crippen molar-refractivity contribution in [1.82, 2.24) is 0 Å². The number of hydrogen-bond acceptors (Lipinski definition) is 4. The molecule has 0 spiro atoms. The predicted molar refractivity (Wildman–Crippen MR) is 102 cm³/mol. The van der Waals surface area contributed by atoms with Crippen molar-refractivity contribution < 1.29 is 13.7 Å². The number of nitrogens with two attached hydrogens (primary N) is 1. The third-order valence-corrected chi connectivity index (χ3v) is 4.43. The summed E-state index contributed by atoms with van der Waals surface area (Å²) in [5.74, 6) is 0. The second kappa shape index (κ2) is 7.57. The van der Waals surface area contributed by atoms with Crippen molar-refractivity contribution in [2.24, 2.45) is 0 Å². The van der Waals surface area contributed by atoms with E-state index in [0.29, 0.717) is 22.0 Å². The molecule has 0 bridgehead atoms. The maximum Gasteiger partial charge on any atom is 0.414 e. The summed E-state index contributed by atoms with van der Waals surface area (Å²) >= 11 is 0. The van der Waals surface area contributed by atoms with Crippen LogP contribution in [0.3, 0.4) is 0 Å². The van der Waals surface area contributed by atoms with Crippen LogP contribution in [-0.2, 0) is 15.7 Å². The number of benzene rings is 2. The van der Waals surface area contributed by atoms with Crippen LogP contribution in [0.25, 0.3) is 0 Å². The summed E-state index contributed by atoms with van der Waals surface area (Å²) in [4.78, 5) is 14.2. The first-order chi connectivity index (χ1) is 11.7. The number of nitrogens with zero attached hydrogens (tertiary/aromatic N) is 1. The summed E-state index contributed by atoms with van der Waals surface area (Å²) in [5.41, 5.74) is 6.80. The Balaban J connectivity index is 2.25. The molecule has 0 saturated heterocycles. The van der Waals surface area contributed by atoms with E-state index in [1.54, 1.807) is 76.3 Å². The molecular formula is C18H23N3O3S. The summed E-state index contributed by atoms with van der Waals surface area (Å²) in [7, 11) is 0.0467. The third kappa shape index (κ3) is 4.96. The fraction of sp³-hybridized carbons (Fsp3) is 0.278. The molecule has 2 rings (SSSR count). The maximum atomic E-state index is 12.6. The molecular weight excluding hydrogens is 338 g/mol. The number of rotatable bonds is 4. The van der Waals surface area contributed by atoms with Crippen LogP contribution in [0.2, 0.25) is 0 Å². The molecule has 0 fully saturated rings. The minimum Gasteiger partial charge on any atom is -0.443 e. The van der Waals surface area contributed by atoms with Gasteiger partial charge in [-0.3, -0.25) is 9.62 Å². The highest BCUT2D eigenvalue weighted by molar-refractivity contribution is 7.86. The summed E-state index contributed by atoms with van der Waals surface area (Å²) in [6.07, 6.45) is -0.494. The molecule has 0 radical (unpaired) electrons. The first-order valence-corrected chi connectivity index (χ1v) is 8.92. The number of nitrogens with one attached hydrogen (secondary N) is 1. The van der Waals surface area contributed by atoms with Gasteiger partial charge in [0.05, 0.1) is 16.3 Å². The molecule has 7 heteroatoms. The highest BCUT2D eigenvalue weighted by Crippen LogP contribution is 2.28. The van der Waals surface area contributed by atoms with Crippen molar-refractivity contribution in [2.45, 2.75) is 31.3 Å². The quantitative estimate of drug-likeness (QED) is 0.812. The van der Waals surface area contributed by atoms with Crippen LogP contribution in [0.15, 0.2) is 53.4 Å². The van der Waals surface area contributed by atoms with Gasteiger partial charge in [-0.15, -0.1) is 0 Å². The summed E-state index contributed by atoms with van der Waals surface area (Å²) in [6, 6.07) is 14.0. The lowest BCUT2D eigenvalue weighted by Crippen LogP contribution is -2.34. The van der Waals surface area contributed by atoms with Crippen molar-refractivity contribution >= 4 is 34.1 Å². The number of ether oxygens (including phenoxy) is 1. The van der Waals surface area contributed by atoms with E-state index in [4.69, 9.17) is 10.5 Å². The molecule has 2 aromatic carbocycles. The molecule has 1 atom stereocenters.